The quantitative estimate of drug-likeness (QED) is 0.776. The molecule has 0 saturated carbocycles. The van der Waals surface area contributed by atoms with Gasteiger partial charge in [0.1, 0.15) is 0 Å². The zero-order valence-electron chi connectivity index (χ0n) is 14.1. The molecule has 26 heavy (non-hydrogen) atoms. The van der Waals surface area contributed by atoms with Crippen LogP contribution in [0.2, 0.25) is 0 Å². The number of alkyl halides is 3. The zero-order chi connectivity index (χ0) is 18.9. The number of nitrogens with zero attached hydrogens (tertiary/aromatic N) is 3. The van der Waals surface area contributed by atoms with Crippen LogP contribution in [0.1, 0.15) is 25.8 Å². The number of carbonyl (C=O) groups excluding carboxylic acids is 1. The number of aryl methyl sites for hydroxylation is 1. The van der Waals surface area contributed by atoms with Crippen molar-refractivity contribution < 1.29 is 27.5 Å². The molecule has 1 aromatic heterocycles. The van der Waals surface area contributed by atoms with Crippen LogP contribution in [0.4, 0.5) is 13.2 Å². The van der Waals surface area contributed by atoms with Crippen LogP contribution in [0.25, 0.3) is 11.1 Å². The molecule has 9 heteroatoms. The average Bonchev–Trinajstić information content (AvgIpc) is 3.21. The lowest BCUT2D eigenvalue weighted by atomic mass is 10.00. The van der Waals surface area contributed by atoms with Crippen molar-refractivity contribution in [3.8, 4) is 11.1 Å². The van der Waals surface area contributed by atoms with Crippen LogP contribution in [0.3, 0.4) is 0 Å². The Bertz CT molecular complexity index is 843. The Hall–Kier alpha value is -2.84. The molecule has 1 aliphatic heterocycles. The molecule has 1 atom stereocenters. The predicted molar refractivity (Wildman–Crippen MR) is 86.1 cm³/mol. The van der Waals surface area contributed by atoms with E-state index >= 15 is 0 Å². The molecule has 2 aromatic rings. The molecule has 0 saturated heterocycles. The third-order valence-electron chi connectivity index (χ3n) is 3.95. The van der Waals surface area contributed by atoms with Gasteiger partial charge in [0.2, 0.25) is 0 Å². The van der Waals surface area contributed by atoms with Crippen LogP contribution in [-0.4, -0.2) is 33.4 Å². The minimum absolute atomic E-state index is 0.0550. The Morgan fingerprint density at radius 2 is 1.92 bits per heavy atom. The number of rotatable bonds is 4. The van der Waals surface area contributed by atoms with Gasteiger partial charge in [-0.2, -0.15) is 18.3 Å². The van der Waals surface area contributed by atoms with Crippen LogP contribution in [0.5, 0.6) is 0 Å². The topological polar surface area (TPSA) is 65.7 Å². The van der Waals surface area contributed by atoms with Gasteiger partial charge in [0.05, 0.1) is 18.3 Å². The van der Waals surface area contributed by atoms with Crippen LogP contribution >= 0.6 is 0 Å². The molecular weight excluding hydrogens is 351 g/mol. The van der Waals surface area contributed by atoms with Crippen molar-refractivity contribution in [3.05, 3.63) is 42.2 Å². The standard InChI is InChI=1S/C17H16F3N3O3/c1-3-23-10-14(9-21-23)12-4-6-13(7-5-12)15-8-16(26-22-15,17(18,19)20)25-11(2)24/h4-7,9-10H,3,8H2,1-2H3/t16-/m0/s1. The van der Waals surface area contributed by atoms with E-state index in [1.807, 2.05) is 13.1 Å². The highest BCUT2D eigenvalue weighted by atomic mass is 19.4. The number of oxime groups is 1. The van der Waals surface area contributed by atoms with E-state index in [1.165, 1.54) is 0 Å². The van der Waals surface area contributed by atoms with Crippen molar-refractivity contribution in [2.45, 2.75) is 38.8 Å². The normalized spacial score (nSPS) is 19.8. The van der Waals surface area contributed by atoms with Crippen molar-refractivity contribution in [1.82, 2.24) is 9.78 Å². The Labute approximate surface area is 147 Å². The van der Waals surface area contributed by atoms with E-state index in [0.717, 1.165) is 24.6 Å². The minimum Gasteiger partial charge on any atom is -0.412 e. The lowest BCUT2D eigenvalue weighted by Crippen LogP contribution is -2.49. The largest absolute Gasteiger partial charge is 0.470 e. The highest BCUT2D eigenvalue weighted by molar-refractivity contribution is 6.02. The maximum atomic E-state index is 13.3. The molecule has 0 spiro atoms. The summed E-state index contributed by atoms with van der Waals surface area (Å²) in [6.07, 6.45) is -2.02. The lowest BCUT2D eigenvalue weighted by molar-refractivity contribution is -0.357. The molecule has 1 aliphatic rings. The fraction of sp³-hybridized carbons (Fsp3) is 0.353. The summed E-state index contributed by atoms with van der Waals surface area (Å²) in [5.74, 6) is -4.17. The maximum absolute atomic E-state index is 13.3. The Balaban J connectivity index is 1.81. The van der Waals surface area contributed by atoms with E-state index in [0.29, 0.717) is 5.56 Å². The third kappa shape index (κ3) is 3.29. The molecule has 0 bridgehead atoms. The minimum atomic E-state index is -4.90. The van der Waals surface area contributed by atoms with E-state index in [4.69, 9.17) is 0 Å². The van der Waals surface area contributed by atoms with Crippen molar-refractivity contribution >= 4 is 11.7 Å². The molecular formula is C17H16F3N3O3. The second-order valence-electron chi connectivity index (χ2n) is 5.81. The summed E-state index contributed by atoms with van der Waals surface area (Å²) < 4.78 is 46.1. The van der Waals surface area contributed by atoms with Gasteiger partial charge in [-0.1, -0.05) is 29.4 Å². The van der Waals surface area contributed by atoms with E-state index in [9.17, 15) is 18.0 Å². The van der Waals surface area contributed by atoms with Crippen molar-refractivity contribution in [2.24, 2.45) is 5.16 Å². The smallest absolute Gasteiger partial charge is 0.412 e. The molecule has 3 rings (SSSR count). The summed E-state index contributed by atoms with van der Waals surface area (Å²) in [7, 11) is 0. The van der Waals surface area contributed by atoms with Gasteiger partial charge in [0.15, 0.2) is 0 Å². The molecule has 2 heterocycles. The molecule has 1 aromatic carbocycles. The molecule has 6 nitrogen and oxygen atoms in total. The van der Waals surface area contributed by atoms with E-state index in [-0.39, 0.29) is 5.71 Å². The molecule has 0 unspecified atom stereocenters. The summed E-state index contributed by atoms with van der Waals surface area (Å²) in [5.41, 5.74) is 2.27. The van der Waals surface area contributed by atoms with Crippen LogP contribution in [0.15, 0.2) is 41.8 Å². The first kappa shape index (κ1) is 18.0. The summed E-state index contributed by atoms with van der Waals surface area (Å²) in [5, 5.41) is 7.69. The molecule has 0 aliphatic carbocycles. The summed E-state index contributed by atoms with van der Waals surface area (Å²) >= 11 is 0. The number of hydrogen-bond acceptors (Lipinski definition) is 5. The van der Waals surface area contributed by atoms with Gasteiger partial charge in [-0.15, -0.1) is 0 Å². The Kier molecular flexibility index (Phi) is 4.47. The van der Waals surface area contributed by atoms with Gasteiger partial charge >= 0.3 is 17.9 Å². The van der Waals surface area contributed by atoms with Gasteiger partial charge in [-0.25, -0.2) is 0 Å². The van der Waals surface area contributed by atoms with E-state index < -0.39 is 24.4 Å². The van der Waals surface area contributed by atoms with E-state index in [2.05, 4.69) is 19.8 Å². The average molecular weight is 367 g/mol. The number of esters is 1. The van der Waals surface area contributed by atoms with E-state index in [1.54, 1.807) is 35.1 Å². The maximum Gasteiger partial charge on any atom is 0.470 e. The highest BCUT2D eigenvalue weighted by Crippen LogP contribution is 2.42. The first-order valence-electron chi connectivity index (χ1n) is 7.89. The number of halogens is 3. The zero-order valence-corrected chi connectivity index (χ0v) is 14.1. The lowest BCUT2D eigenvalue weighted by Gasteiger charge is -2.27. The van der Waals surface area contributed by atoms with Gasteiger partial charge < -0.3 is 9.57 Å². The molecule has 0 amide bonds. The molecule has 0 fully saturated rings. The van der Waals surface area contributed by atoms with Gasteiger partial charge in [0, 0.05) is 25.2 Å². The first-order chi connectivity index (χ1) is 12.2. The SMILES string of the molecule is CCn1cc(-c2ccc(C3=NO[C@](OC(C)=O)(C(F)(F)F)C3)cc2)cn1. The monoisotopic (exact) mass is 367 g/mol. The third-order valence-corrected chi connectivity index (χ3v) is 3.95. The molecule has 0 radical (unpaired) electrons. The Morgan fingerprint density at radius 3 is 2.46 bits per heavy atom. The Morgan fingerprint density at radius 1 is 1.27 bits per heavy atom. The van der Waals surface area contributed by atoms with Gasteiger partial charge in [-0.05, 0) is 18.1 Å². The second kappa shape index (κ2) is 6.47. The van der Waals surface area contributed by atoms with Crippen molar-refractivity contribution in [2.75, 3.05) is 0 Å². The van der Waals surface area contributed by atoms with Crippen molar-refractivity contribution in [1.29, 1.82) is 0 Å². The van der Waals surface area contributed by atoms with Crippen LogP contribution in [0, 0.1) is 0 Å². The van der Waals surface area contributed by atoms with Gasteiger partial charge in [-0.3, -0.25) is 9.48 Å². The number of aromatic nitrogens is 2. The second-order valence-corrected chi connectivity index (χ2v) is 5.81. The number of carbonyl (C=O) groups is 1. The van der Waals surface area contributed by atoms with Crippen LogP contribution < -0.4 is 0 Å². The number of hydrogen-bond donors (Lipinski definition) is 0. The summed E-state index contributed by atoms with van der Waals surface area (Å²) in [6, 6.07) is 6.80. The first-order valence-corrected chi connectivity index (χ1v) is 7.89. The number of benzene rings is 1. The fourth-order valence-corrected chi connectivity index (χ4v) is 2.61. The highest BCUT2D eigenvalue weighted by Gasteiger charge is 2.64. The molecule has 0 N–H and O–H groups in total. The molecule has 138 valence electrons. The summed E-state index contributed by atoms with van der Waals surface area (Å²) in [6.45, 7) is 3.59. The summed E-state index contributed by atoms with van der Waals surface area (Å²) in [4.78, 5) is 15.6. The van der Waals surface area contributed by atoms with Gasteiger partial charge in [0.25, 0.3) is 0 Å². The van der Waals surface area contributed by atoms with Crippen molar-refractivity contribution in [3.63, 3.8) is 0 Å². The fourth-order valence-electron chi connectivity index (χ4n) is 2.61. The number of ether oxygens (including phenoxy) is 1. The predicted octanol–water partition coefficient (Wildman–Crippen LogP) is 3.52. The van der Waals surface area contributed by atoms with Crippen LogP contribution in [-0.2, 0) is 20.9 Å².